The first kappa shape index (κ1) is 19.3. The average molecular weight is 413 g/mol. The van der Waals surface area contributed by atoms with Gasteiger partial charge in [0.2, 0.25) is 0 Å². The van der Waals surface area contributed by atoms with Gasteiger partial charge in [0.1, 0.15) is 16.9 Å². The molecule has 3 aromatic rings. The third-order valence-corrected chi connectivity index (χ3v) is 6.68. The van der Waals surface area contributed by atoms with E-state index in [9.17, 15) is 0 Å². The first-order valence-electron chi connectivity index (χ1n) is 9.98. The summed E-state index contributed by atoms with van der Waals surface area (Å²) in [6.45, 7) is 6.32. The number of benzene rings is 1. The van der Waals surface area contributed by atoms with Gasteiger partial charge in [-0.15, -0.1) is 21.5 Å². The van der Waals surface area contributed by atoms with Crippen LogP contribution in [-0.4, -0.2) is 20.5 Å². The Balaban J connectivity index is 1.83. The van der Waals surface area contributed by atoms with Crippen LogP contribution in [0.25, 0.3) is 5.00 Å². The molecule has 0 saturated carbocycles. The molecule has 2 aromatic heterocycles. The molecule has 1 aromatic carbocycles. The Hall–Kier alpha value is -1.98. The fraction of sp³-hybridized carbons (Fsp3) is 0.409. The predicted octanol–water partition coefficient (Wildman–Crippen LogP) is 6.33. The average Bonchev–Trinajstić information content (AvgIpc) is 3.24. The molecule has 1 atom stereocenters. The zero-order valence-corrected chi connectivity index (χ0v) is 18.1. The topological polar surface area (TPSA) is 43.1 Å². The smallest absolute Gasteiger partial charge is 0.162 e. The third-order valence-electron chi connectivity index (χ3n) is 5.17. The van der Waals surface area contributed by atoms with Crippen LogP contribution < -0.4 is 0 Å². The second kappa shape index (κ2) is 8.18. The maximum Gasteiger partial charge on any atom is 0.162 e. The molecule has 146 valence electrons. The van der Waals surface area contributed by atoms with Gasteiger partial charge in [0.15, 0.2) is 5.82 Å². The van der Waals surface area contributed by atoms with E-state index in [1.807, 2.05) is 36.5 Å². The molecule has 0 N–H and O–H groups in total. The van der Waals surface area contributed by atoms with E-state index in [1.54, 1.807) is 0 Å². The van der Waals surface area contributed by atoms with Crippen LogP contribution in [0.5, 0.6) is 0 Å². The van der Waals surface area contributed by atoms with E-state index in [1.165, 1.54) is 30.6 Å². The lowest BCUT2D eigenvalue weighted by Crippen LogP contribution is -2.05. The van der Waals surface area contributed by atoms with Crippen molar-refractivity contribution in [3.8, 4) is 5.00 Å². The summed E-state index contributed by atoms with van der Waals surface area (Å²) in [5, 5.41) is 10.6. The number of halogens is 1. The number of aryl methyl sites for hydroxylation is 2. The van der Waals surface area contributed by atoms with Crippen LogP contribution in [0.3, 0.4) is 0 Å². The number of thiophene rings is 1. The van der Waals surface area contributed by atoms with Crippen LogP contribution in [0.4, 0.5) is 0 Å². The van der Waals surface area contributed by atoms with E-state index in [2.05, 4.69) is 40.7 Å². The van der Waals surface area contributed by atoms with Gasteiger partial charge in [-0.25, -0.2) is 0 Å². The van der Waals surface area contributed by atoms with Gasteiger partial charge < -0.3 is 0 Å². The van der Waals surface area contributed by atoms with E-state index >= 15 is 0 Å². The second-order valence-corrected chi connectivity index (χ2v) is 8.84. The first-order chi connectivity index (χ1) is 13.6. The lowest BCUT2D eigenvalue weighted by atomic mass is 10.0. The molecule has 0 bridgehead atoms. The van der Waals surface area contributed by atoms with Crippen molar-refractivity contribution in [2.24, 2.45) is 4.99 Å². The van der Waals surface area contributed by atoms with Gasteiger partial charge in [-0.05, 0) is 38.8 Å². The van der Waals surface area contributed by atoms with Crippen molar-refractivity contribution in [2.75, 3.05) is 0 Å². The highest BCUT2D eigenvalue weighted by molar-refractivity contribution is 7.15. The number of hydrogen-bond acceptors (Lipinski definition) is 4. The second-order valence-electron chi connectivity index (χ2n) is 7.32. The van der Waals surface area contributed by atoms with Gasteiger partial charge in [0, 0.05) is 21.0 Å². The molecule has 4 nitrogen and oxygen atoms in total. The summed E-state index contributed by atoms with van der Waals surface area (Å²) in [6.07, 6.45) is 6.14. The van der Waals surface area contributed by atoms with Crippen LogP contribution in [0.2, 0.25) is 5.02 Å². The molecule has 1 aliphatic rings. The highest BCUT2D eigenvalue weighted by Gasteiger charge is 2.28. The van der Waals surface area contributed by atoms with E-state index in [0.29, 0.717) is 0 Å². The van der Waals surface area contributed by atoms with Crippen molar-refractivity contribution in [3.05, 3.63) is 63.0 Å². The molecule has 0 aliphatic carbocycles. The van der Waals surface area contributed by atoms with Crippen molar-refractivity contribution in [3.63, 3.8) is 0 Å². The quantitative estimate of drug-likeness (QED) is 0.444. The van der Waals surface area contributed by atoms with E-state index in [0.717, 1.165) is 44.9 Å². The monoisotopic (exact) mass is 412 g/mol. The van der Waals surface area contributed by atoms with Gasteiger partial charge >= 0.3 is 0 Å². The Labute approximate surface area is 175 Å². The summed E-state index contributed by atoms with van der Waals surface area (Å²) < 4.78 is 2.17. The normalized spacial score (nSPS) is 15.7. The largest absolute Gasteiger partial charge is 0.273 e. The van der Waals surface area contributed by atoms with Crippen LogP contribution in [0, 0.1) is 6.92 Å². The summed E-state index contributed by atoms with van der Waals surface area (Å²) in [5.41, 5.74) is 3.06. The van der Waals surface area contributed by atoms with E-state index < -0.39 is 0 Å². The molecule has 28 heavy (non-hydrogen) atoms. The Morgan fingerprint density at radius 1 is 1.11 bits per heavy atom. The Morgan fingerprint density at radius 3 is 2.71 bits per heavy atom. The molecule has 0 fully saturated rings. The predicted molar refractivity (Wildman–Crippen MR) is 117 cm³/mol. The molecular formula is C22H25ClN4S. The number of aromatic nitrogens is 3. The Morgan fingerprint density at radius 2 is 1.93 bits per heavy atom. The van der Waals surface area contributed by atoms with Crippen molar-refractivity contribution in [2.45, 2.75) is 58.9 Å². The fourth-order valence-electron chi connectivity index (χ4n) is 3.71. The first-order valence-corrected chi connectivity index (χ1v) is 11.2. The van der Waals surface area contributed by atoms with Crippen molar-refractivity contribution in [1.82, 2.24) is 14.8 Å². The molecular weight excluding hydrogens is 388 g/mol. The molecule has 6 heteroatoms. The minimum absolute atomic E-state index is 0.0833. The minimum Gasteiger partial charge on any atom is -0.273 e. The molecule has 1 unspecified atom stereocenters. The summed E-state index contributed by atoms with van der Waals surface area (Å²) in [7, 11) is 0. The Bertz CT molecular complexity index is 1020. The van der Waals surface area contributed by atoms with Gasteiger partial charge in [0.25, 0.3) is 0 Å². The summed E-state index contributed by atoms with van der Waals surface area (Å²) in [4.78, 5) is 6.43. The van der Waals surface area contributed by atoms with Crippen LogP contribution in [0.1, 0.15) is 73.2 Å². The van der Waals surface area contributed by atoms with Gasteiger partial charge in [-0.2, -0.15) is 0 Å². The lowest BCUT2D eigenvalue weighted by Gasteiger charge is -2.09. The number of hydrogen-bond donors (Lipinski definition) is 0. The van der Waals surface area contributed by atoms with Crippen LogP contribution in [0.15, 0.2) is 35.3 Å². The van der Waals surface area contributed by atoms with Crippen molar-refractivity contribution >= 4 is 28.6 Å². The van der Waals surface area contributed by atoms with Crippen LogP contribution >= 0.6 is 22.9 Å². The molecule has 0 amide bonds. The van der Waals surface area contributed by atoms with Gasteiger partial charge in [0.05, 0.1) is 5.71 Å². The number of nitrogens with zero attached hydrogens (tertiary/aromatic N) is 4. The standard InChI is InChI=1S/C22H25ClN4S/c1-4-5-6-7-10-16-13-18-20(17-11-8-9-12-19(17)23)24-14(2)21-26-25-15(3)27(21)22(18)28-16/h8-9,11-14H,4-7,10H2,1-3H3. The lowest BCUT2D eigenvalue weighted by molar-refractivity contribution is 0.670. The van der Waals surface area contributed by atoms with Gasteiger partial charge in [-0.1, -0.05) is 56.0 Å². The maximum absolute atomic E-state index is 6.55. The number of unbranched alkanes of at least 4 members (excludes halogenated alkanes) is 3. The highest BCUT2D eigenvalue weighted by atomic mass is 35.5. The minimum atomic E-state index is -0.0833. The zero-order valence-electron chi connectivity index (χ0n) is 16.6. The van der Waals surface area contributed by atoms with E-state index in [-0.39, 0.29) is 6.04 Å². The highest BCUT2D eigenvalue weighted by Crippen LogP contribution is 2.37. The zero-order chi connectivity index (χ0) is 19.7. The molecule has 0 saturated heterocycles. The van der Waals surface area contributed by atoms with Crippen molar-refractivity contribution in [1.29, 1.82) is 0 Å². The fourth-order valence-corrected chi connectivity index (χ4v) is 5.18. The summed E-state index contributed by atoms with van der Waals surface area (Å²) in [5.74, 6) is 1.79. The molecule has 1 aliphatic heterocycles. The number of aliphatic imine (C=N–C) groups is 1. The number of rotatable bonds is 6. The molecule has 4 rings (SSSR count). The maximum atomic E-state index is 6.55. The summed E-state index contributed by atoms with van der Waals surface area (Å²) in [6, 6.07) is 10.2. The van der Waals surface area contributed by atoms with Crippen molar-refractivity contribution < 1.29 is 0 Å². The third kappa shape index (κ3) is 3.53. The van der Waals surface area contributed by atoms with Crippen LogP contribution in [-0.2, 0) is 6.42 Å². The van der Waals surface area contributed by atoms with Gasteiger partial charge in [-0.3, -0.25) is 9.56 Å². The number of fused-ring (bicyclic) bond motifs is 3. The molecule has 0 radical (unpaired) electrons. The SMILES string of the molecule is CCCCCCc1cc2c(s1)-n1c(C)nnc1C(C)N=C2c1ccccc1Cl. The molecule has 3 heterocycles. The Kier molecular flexibility index (Phi) is 5.65. The summed E-state index contributed by atoms with van der Waals surface area (Å²) >= 11 is 8.39. The molecule has 0 spiro atoms. The van der Waals surface area contributed by atoms with E-state index in [4.69, 9.17) is 16.6 Å².